The average molecular weight is 259 g/mol. The Morgan fingerprint density at radius 2 is 2.00 bits per heavy atom. The molecule has 0 aromatic heterocycles. The van der Waals surface area contributed by atoms with Crippen molar-refractivity contribution in [3.05, 3.63) is 29.3 Å². The van der Waals surface area contributed by atoms with Gasteiger partial charge in [-0.1, -0.05) is 0 Å². The van der Waals surface area contributed by atoms with Crippen LogP contribution < -0.4 is 10.2 Å². The molecule has 0 bridgehead atoms. The smallest absolute Gasteiger partial charge is 0.253 e. The van der Waals surface area contributed by atoms with Crippen molar-refractivity contribution < 1.29 is 4.79 Å². The highest BCUT2D eigenvalue weighted by atomic mass is 16.2. The van der Waals surface area contributed by atoms with Crippen molar-refractivity contribution in [2.75, 3.05) is 44.7 Å². The number of benzene rings is 1. The number of hydrogen-bond acceptors (Lipinski definition) is 3. The number of carbonyl (C=O) groups excluding carboxylic acids is 1. The molecule has 0 saturated carbocycles. The van der Waals surface area contributed by atoms with Crippen LogP contribution in [-0.4, -0.2) is 50.6 Å². The zero-order valence-electron chi connectivity index (χ0n) is 11.5. The maximum atomic E-state index is 12.5. The molecule has 1 fully saturated rings. The van der Waals surface area contributed by atoms with Crippen LogP contribution in [-0.2, 0) is 6.42 Å². The summed E-state index contributed by atoms with van der Waals surface area (Å²) in [7, 11) is 2.12. The predicted molar refractivity (Wildman–Crippen MR) is 76.8 cm³/mol. The van der Waals surface area contributed by atoms with Gasteiger partial charge in [-0.05, 0) is 36.6 Å². The van der Waals surface area contributed by atoms with Gasteiger partial charge in [0.15, 0.2) is 0 Å². The van der Waals surface area contributed by atoms with Crippen molar-refractivity contribution in [2.24, 2.45) is 0 Å². The van der Waals surface area contributed by atoms with Crippen LogP contribution in [0.1, 0.15) is 22.3 Å². The van der Waals surface area contributed by atoms with Gasteiger partial charge in [0.2, 0.25) is 0 Å². The molecule has 1 saturated heterocycles. The molecule has 4 nitrogen and oxygen atoms in total. The second-order valence-corrected chi connectivity index (χ2v) is 5.41. The lowest BCUT2D eigenvalue weighted by atomic mass is 9.99. The molecular weight excluding hydrogens is 238 g/mol. The van der Waals surface area contributed by atoms with Crippen molar-refractivity contribution >= 4 is 11.6 Å². The third kappa shape index (κ3) is 2.45. The lowest BCUT2D eigenvalue weighted by Gasteiger charge is -2.30. The van der Waals surface area contributed by atoms with E-state index < -0.39 is 0 Å². The Hall–Kier alpha value is -1.55. The van der Waals surface area contributed by atoms with Crippen LogP contribution >= 0.6 is 0 Å². The lowest BCUT2D eigenvalue weighted by Crippen LogP contribution is -2.46. The highest BCUT2D eigenvalue weighted by Gasteiger charge is 2.20. The molecule has 0 radical (unpaired) electrons. The van der Waals surface area contributed by atoms with E-state index in [0.717, 1.165) is 44.7 Å². The molecule has 0 spiro atoms. The van der Waals surface area contributed by atoms with Crippen LogP contribution in [0.15, 0.2) is 18.2 Å². The molecule has 1 aromatic rings. The van der Waals surface area contributed by atoms with E-state index in [1.54, 1.807) is 0 Å². The molecule has 4 heteroatoms. The van der Waals surface area contributed by atoms with Crippen molar-refractivity contribution in [2.45, 2.75) is 12.8 Å². The average Bonchev–Trinajstić information content (AvgIpc) is 2.47. The molecule has 0 unspecified atom stereocenters. The van der Waals surface area contributed by atoms with Gasteiger partial charge in [0.1, 0.15) is 0 Å². The van der Waals surface area contributed by atoms with E-state index in [4.69, 9.17) is 0 Å². The van der Waals surface area contributed by atoms with Crippen molar-refractivity contribution in [3.63, 3.8) is 0 Å². The maximum Gasteiger partial charge on any atom is 0.253 e. The number of carbonyl (C=O) groups is 1. The van der Waals surface area contributed by atoms with Crippen molar-refractivity contribution in [3.8, 4) is 0 Å². The van der Waals surface area contributed by atoms with E-state index in [-0.39, 0.29) is 5.91 Å². The number of hydrogen-bond donors (Lipinski definition) is 1. The number of piperazine rings is 1. The van der Waals surface area contributed by atoms with Gasteiger partial charge in [-0.25, -0.2) is 0 Å². The molecule has 0 atom stereocenters. The first-order chi connectivity index (χ1) is 9.25. The summed E-state index contributed by atoms with van der Waals surface area (Å²) in [5, 5.41) is 3.28. The third-order valence-corrected chi connectivity index (χ3v) is 4.08. The third-order valence-electron chi connectivity index (χ3n) is 4.08. The standard InChI is InChI=1S/C15H21N3O/c1-17-8-2-3-12-11-13(4-5-14(12)17)15(19)18-9-6-16-7-10-18/h4-5,11,16H,2-3,6-10H2,1H3. The van der Waals surface area contributed by atoms with Crippen LogP contribution in [0, 0.1) is 0 Å². The van der Waals surface area contributed by atoms with Crippen LogP contribution in [0.2, 0.25) is 0 Å². The maximum absolute atomic E-state index is 12.5. The van der Waals surface area contributed by atoms with Crippen molar-refractivity contribution in [1.82, 2.24) is 10.2 Å². The van der Waals surface area contributed by atoms with Crippen LogP contribution in [0.25, 0.3) is 0 Å². The summed E-state index contributed by atoms with van der Waals surface area (Å²) in [6.07, 6.45) is 2.26. The van der Waals surface area contributed by atoms with E-state index in [2.05, 4.69) is 29.4 Å². The van der Waals surface area contributed by atoms with E-state index >= 15 is 0 Å². The summed E-state index contributed by atoms with van der Waals surface area (Å²) in [5.41, 5.74) is 3.44. The largest absolute Gasteiger partial charge is 0.374 e. The second kappa shape index (κ2) is 5.21. The fraction of sp³-hybridized carbons (Fsp3) is 0.533. The fourth-order valence-electron chi connectivity index (χ4n) is 2.97. The summed E-state index contributed by atoms with van der Waals surface area (Å²) in [6.45, 7) is 4.54. The summed E-state index contributed by atoms with van der Waals surface area (Å²) >= 11 is 0. The Balaban J connectivity index is 1.83. The number of nitrogens with zero attached hydrogens (tertiary/aromatic N) is 2. The molecule has 1 N–H and O–H groups in total. The second-order valence-electron chi connectivity index (χ2n) is 5.41. The summed E-state index contributed by atoms with van der Waals surface area (Å²) < 4.78 is 0. The van der Waals surface area contributed by atoms with Gasteiger partial charge in [-0.2, -0.15) is 0 Å². The van der Waals surface area contributed by atoms with E-state index in [1.165, 1.54) is 17.7 Å². The SMILES string of the molecule is CN1CCCc2cc(C(=O)N3CCNCC3)ccc21. The minimum Gasteiger partial charge on any atom is -0.374 e. The van der Waals surface area contributed by atoms with Crippen molar-refractivity contribution in [1.29, 1.82) is 0 Å². The zero-order valence-corrected chi connectivity index (χ0v) is 11.5. The molecule has 102 valence electrons. The normalized spacial score (nSPS) is 19.2. The number of fused-ring (bicyclic) bond motifs is 1. The van der Waals surface area contributed by atoms with Gasteiger partial charge in [0.05, 0.1) is 0 Å². The van der Waals surface area contributed by atoms with Crippen LogP contribution in [0.3, 0.4) is 0 Å². The fourth-order valence-corrected chi connectivity index (χ4v) is 2.97. The van der Waals surface area contributed by atoms with Gasteiger partial charge in [-0.15, -0.1) is 0 Å². The molecule has 0 aliphatic carbocycles. The van der Waals surface area contributed by atoms with Crippen LogP contribution in [0.4, 0.5) is 5.69 Å². The Kier molecular flexibility index (Phi) is 3.42. The topological polar surface area (TPSA) is 35.6 Å². The Morgan fingerprint density at radius 1 is 1.21 bits per heavy atom. The minimum atomic E-state index is 0.178. The van der Waals surface area contributed by atoms with Gasteiger partial charge in [0, 0.05) is 51.0 Å². The Labute approximate surface area is 114 Å². The van der Waals surface area contributed by atoms with E-state index in [1.807, 2.05) is 11.0 Å². The molecule has 2 aliphatic heterocycles. The molecule has 19 heavy (non-hydrogen) atoms. The van der Waals surface area contributed by atoms with Gasteiger partial charge in [0.25, 0.3) is 5.91 Å². The first-order valence-electron chi connectivity index (χ1n) is 7.10. The molecule has 2 heterocycles. The first kappa shape index (κ1) is 12.5. The first-order valence-corrected chi connectivity index (χ1v) is 7.10. The Bertz CT molecular complexity index is 480. The molecule has 3 rings (SSSR count). The lowest BCUT2D eigenvalue weighted by molar-refractivity contribution is 0.0735. The molecule has 1 amide bonds. The quantitative estimate of drug-likeness (QED) is 0.821. The molecule has 1 aromatic carbocycles. The summed E-state index contributed by atoms with van der Waals surface area (Å²) in [5.74, 6) is 0.178. The highest BCUT2D eigenvalue weighted by Crippen LogP contribution is 2.27. The zero-order chi connectivity index (χ0) is 13.2. The van der Waals surface area contributed by atoms with Gasteiger partial charge < -0.3 is 15.1 Å². The monoisotopic (exact) mass is 259 g/mol. The molecule has 2 aliphatic rings. The summed E-state index contributed by atoms with van der Waals surface area (Å²) in [4.78, 5) is 16.7. The number of anilines is 1. The highest BCUT2D eigenvalue weighted by molar-refractivity contribution is 5.95. The van der Waals surface area contributed by atoms with Crippen LogP contribution in [0.5, 0.6) is 0 Å². The number of aryl methyl sites for hydroxylation is 1. The predicted octanol–water partition coefficient (Wildman–Crippen LogP) is 1.11. The number of rotatable bonds is 1. The molecular formula is C15H21N3O. The number of nitrogens with one attached hydrogen (secondary N) is 1. The Morgan fingerprint density at radius 3 is 2.79 bits per heavy atom. The van der Waals surface area contributed by atoms with E-state index in [9.17, 15) is 4.79 Å². The number of amides is 1. The van der Waals surface area contributed by atoms with Gasteiger partial charge >= 0.3 is 0 Å². The minimum absolute atomic E-state index is 0.178. The van der Waals surface area contributed by atoms with E-state index in [0.29, 0.717) is 0 Å². The summed E-state index contributed by atoms with van der Waals surface area (Å²) in [6, 6.07) is 6.17. The van der Waals surface area contributed by atoms with Gasteiger partial charge in [-0.3, -0.25) is 4.79 Å².